The summed E-state index contributed by atoms with van der Waals surface area (Å²) in [6.07, 6.45) is 4.70. The number of hydrogen-bond donors (Lipinski definition) is 1. The Morgan fingerprint density at radius 1 is 1.35 bits per heavy atom. The molecule has 20 heavy (non-hydrogen) atoms. The van der Waals surface area contributed by atoms with Crippen LogP contribution in [0.4, 0.5) is 0 Å². The highest BCUT2D eigenvalue weighted by Gasteiger charge is 2.27. The van der Waals surface area contributed by atoms with Crippen molar-refractivity contribution in [2.45, 2.75) is 24.4 Å². The number of pyridine rings is 1. The molecule has 0 saturated carbocycles. The molecule has 2 rings (SSSR count). The summed E-state index contributed by atoms with van der Waals surface area (Å²) >= 11 is 5.74. The zero-order valence-corrected chi connectivity index (χ0v) is 12.5. The Morgan fingerprint density at radius 2 is 2.05 bits per heavy atom. The highest BCUT2D eigenvalue weighted by Crippen LogP contribution is 2.20. The second-order valence-electron chi connectivity index (χ2n) is 4.14. The third kappa shape index (κ3) is 3.00. The van der Waals surface area contributed by atoms with Crippen molar-refractivity contribution >= 4 is 21.6 Å². The molecule has 1 N–H and O–H groups in total. The van der Waals surface area contributed by atoms with Crippen LogP contribution in [0.5, 0.6) is 0 Å². The van der Waals surface area contributed by atoms with E-state index in [1.807, 2.05) is 0 Å². The summed E-state index contributed by atoms with van der Waals surface area (Å²) in [5.41, 5.74) is 1.34. The van der Waals surface area contributed by atoms with E-state index in [4.69, 9.17) is 11.6 Å². The minimum Gasteiger partial charge on any atom is -0.266 e. The predicted molar refractivity (Wildman–Crippen MR) is 75.7 cm³/mol. The first kappa shape index (κ1) is 15.0. The van der Waals surface area contributed by atoms with Gasteiger partial charge in [0.15, 0.2) is 5.03 Å². The van der Waals surface area contributed by atoms with E-state index in [2.05, 4.69) is 15.2 Å². The van der Waals surface area contributed by atoms with Gasteiger partial charge >= 0.3 is 0 Å². The molecule has 108 valence electrons. The Morgan fingerprint density at radius 3 is 2.65 bits per heavy atom. The van der Waals surface area contributed by atoms with Crippen LogP contribution in [0, 0.1) is 0 Å². The lowest BCUT2D eigenvalue weighted by molar-refractivity contribution is 0.420. The van der Waals surface area contributed by atoms with E-state index in [-0.39, 0.29) is 17.5 Å². The second kappa shape index (κ2) is 6.34. The first-order valence-corrected chi connectivity index (χ1v) is 8.04. The largest absolute Gasteiger partial charge is 0.266 e. The van der Waals surface area contributed by atoms with Crippen LogP contribution in [-0.4, -0.2) is 34.4 Å². The Kier molecular flexibility index (Phi) is 4.74. The molecular formula is C12H15ClN4O2S. The summed E-state index contributed by atoms with van der Waals surface area (Å²) in [5, 5.41) is 6.34. The van der Waals surface area contributed by atoms with Crippen LogP contribution in [0.1, 0.15) is 18.1 Å². The molecule has 0 aliphatic rings. The number of rotatable bonds is 6. The number of alkyl halides is 1. The number of H-pyrrole nitrogens is 1. The van der Waals surface area contributed by atoms with Crippen LogP contribution in [0.25, 0.3) is 0 Å². The van der Waals surface area contributed by atoms with Crippen molar-refractivity contribution in [3.05, 3.63) is 41.9 Å². The van der Waals surface area contributed by atoms with Crippen LogP contribution in [0.3, 0.4) is 0 Å². The molecule has 0 unspecified atom stereocenters. The monoisotopic (exact) mass is 314 g/mol. The summed E-state index contributed by atoms with van der Waals surface area (Å²) in [5.74, 6) is 0.0951. The summed E-state index contributed by atoms with van der Waals surface area (Å²) in [4.78, 5) is 3.92. The standard InChI is InChI=1S/C12H15ClN4O2S/c1-2-17(9-10-3-5-14-6-4-10)20(18,19)12-11(7-13)8-15-16-12/h3-6,8H,2,7,9H2,1H3,(H,15,16). The zero-order chi connectivity index (χ0) is 14.6. The van der Waals surface area contributed by atoms with Crippen molar-refractivity contribution in [3.63, 3.8) is 0 Å². The van der Waals surface area contributed by atoms with Gasteiger partial charge in [-0.3, -0.25) is 10.1 Å². The quantitative estimate of drug-likeness (QED) is 0.824. The average molecular weight is 315 g/mol. The summed E-state index contributed by atoms with van der Waals surface area (Å²) in [6.45, 7) is 2.42. The molecule has 0 aliphatic heterocycles. The van der Waals surface area contributed by atoms with Gasteiger partial charge in [-0.1, -0.05) is 6.92 Å². The third-order valence-electron chi connectivity index (χ3n) is 2.88. The number of hydrogen-bond acceptors (Lipinski definition) is 4. The van der Waals surface area contributed by atoms with Gasteiger partial charge in [-0.25, -0.2) is 8.42 Å². The topological polar surface area (TPSA) is 79.0 Å². The summed E-state index contributed by atoms with van der Waals surface area (Å²) in [6, 6.07) is 3.57. The van der Waals surface area contributed by atoms with E-state index < -0.39 is 10.0 Å². The molecule has 0 aromatic carbocycles. The predicted octanol–water partition coefficient (Wildman–Crippen LogP) is 1.75. The van der Waals surface area contributed by atoms with E-state index in [0.717, 1.165) is 5.56 Å². The number of halogens is 1. The number of sulfonamides is 1. The molecule has 0 bridgehead atoms. The minimum absolute atomic E-state index is 0.0587. The SMILES string of the molecule is CCN(Cc1ccncc1)S(=O)(=O)c1[nH]ncc1CCl. The van der Waals surface area contributed by atoms with E-state index in [9.17, 15) is 8.42 Å². The Labute approximate surface area is 122 Å². The lowest BCUT2D eigenvalue weighted by Crippen LogP contribution is -2.31. The highest BCUT2D eigenvalue weighted by atomic mass is 35.5. The van der Waals surface area contributed by atoms with Gasteiger partial charge in [0.05, 0.1) is 12.1 Å². The third-order valence-corrected chi connectivity index (χ3v) is 5.11. The maximum Gasteiger partial charge on any atom is 0.260 e. The van der Waals surface area contributed by atoms with Crippen LogP contribution < -0.4 is 0 Å². The van der Waals surface area contributed by atoms with Gasteiger partial charge in [0.1, 0.15) is 0 Å². The van der Waals surface area contributed by atoms with Gasteiger partial charge in [-0.05, 0) is 17.7 Å². The van der Waals surface area contributed by atoms with Crippen molar-refractivity contribution < 1.29 is 8.42 Å². The smallest absolute Gasteiger partial charge is 0.260 e. The maximum atomic E-state index is 12.6. The van der Waals surface area contributed by atoms with Crippen LogP contribution in [0.15, 0.2) is 35.7 Å². The van der Waals surface area contributed by atoms with E-state index >= 15 is 0 Å². The van der Waals surface area contributed by atoms with Gasteiger partial charge in [-0.2, -0.15) is 9.40 Å². The molecule has 0 spiro atoms. The lowest BCUT2D eigenvalue weighted by Gasteiger charge is -2.20. The van der Waals surface area contributed by atoms with E-state index in [1.54, 1.807) is 31.5 Å². The fraction of sp³-hybridized carbons (Fsp3) is 0.333. The maximum absolute atomic E-state index is 12.6. The van der Waals surface area contributed by atoms with Crippen molar-refractivity contribution in [1.29, 1.82) is 0 Å². The average Bonchev–Trinajstić information content (AvgIpc) is 2.95. The second-order valence-corrected chi connectivity index (χ2v) is 6.29. The van der Waals surface area contributed by atoms with Crippen LogP contribution in [-0.2, 0) is 22.4 Å². The molecule has 0 radical (unpaired) electrons. The number of nitrogens with zero attached hydrogens (tertiary/aromatic N) is 3. The van der Waals surface area contributed by atoms with Crippen molar-refractivity contribution in [2.24, 2.45) is 0 Å². The van der Waals surface area contributed by atoms with Crippen molar-refractivity contribution in [1.82, 2.24) is 19.5 Å². The molecule has 0 fully saturated rings. The van der Waals surface area contributed by atoms with Crippen molar-refractivity contribution in [2.75, 3.05) is 6.54 Å². The van der Waals surface area contributed by atoms with E-state index in [1.165, 1.54) is 10.5 Å². The summed E-state index contributed by atoms with van der Waals surface area (Å²) < 4.78 is 26.5. The molecule has 0 saturated heterocycles. The van der Waals surface area contributed by atoms with Crippen LogP contribution in [0.2, 0.25) is 0 Å². The fourth-order valence-electron chi connectivity index (χ4n) is 1.81. The molecule has 2 heterocycles. The van der Waals surface area contributed by atoms with Crippen molar-refractivity contribution in [3.8, 4) is 0 Å². The first-order chi connectivity index (χ1) is 9.59. The Balaban J connectivity index is 2.31. The normalized spacial score (nSPS) is 11.9. The zero-order valence-electron chi connectivity index (χ0n) is 11.0. The molecule has 6 nitrogen and oxygen atoms in total. The van der Waals surface area contributed by atoms with E-state index in [0.29, 0.717) is 12.1 Å². The van der Waals surface area contributed by atoms with Gasteiger partial charge < -0.3 is 0 Å². The number of nitrogens with one attached hydrogen (secondary N) is 1. The molecular weight excluding hydrogens is 300 g/mol. The molecule has 2 aromatic heterocycles. The van der Waals surface area contributed by atoms with Gasteiger partial charge in [0.2, 0.25) is 0 Å². The lowest BCUT2D eigenvalue weighted by atomic mass is 10.3. The molecule has 0 aliphatic carbocycles. The Bertz CT molecular complexity index is 657. The van der Waals surface area contributed by atoms with Crippen LogP contribution >= 0.6 is 11.6 Å². The molecule has 0 atom stereocenters. The first-order valence-electron chi connectivity index (χ1n) is 6.06. The number of aromatic nitrogens is 3. The minimum atomic E-state index is -3.64. The molecule has 0 amide bonds. The summed E-state index contributed by atoms with van der Waals surface area (Å²) in [7, 11) is -3.64. The van der Waals surface area contributed by atoms with Gasteiger partial charge in [0, 0.05) is 31.0 Å². The Hall–Kier alpha value is -1.44. The highest BCUT2D eigenvalue weighted by molar-refractivity contribution is 7.89. The van der Waals surface area contributed by atoms with Gasteiger partial charge in [0.25, 0.3) is 10.0 Å². The number of aromatic amines is 1. The molecule has 2 aromatic rings. The fourth-order valence-corrected chi connectivity index (χ4v) is 3.63. The van der Waals surface area contributed by atoms with Gasteiger partial charge in [-0.15, -0.1) is 11.6 Å². The molecule has 8 heteroatoms.